The van der Waals surface area contributed by atoms with Crippen LogP contribution in [0.4, 0.5) is 4.39 Å². The molecule has 1 aliphatic heterocycles. The Morgan fingerprint density at radius 2 is 1.88 bits per heavy atom. The first kappa shape index (κ1) is 15.5. The Bertz CT molecular complexity index is 876. The highest BCUT2D eigenvalue weighted by molar-refractivity contribution is 5.94. The van der Waals surface area contributed by atoms with Crippen molar-refractivity contribution in [1.82, 2.24) is 20.1 Å². The number of hydrogen-bond acceptors (Lipinski definition) is 3. The van der Waals surface area contributed by atoms with Crippen molar-refractivity contribution in [3.8, 4) is 11.4 Å². The number of nitrogens with zero attached hydrogens (tertiary/aromatic N) is 3. The van der Waals surface area contributed by atoms with Gasteiger partial charge in [-0.25, -0.2) is 9.37 Å². The van der Waals surface area contributed by atoms with Crippen LogP contribution in [0.2, 0.25) is 0 Å². The zero-order valence-corrected chi connectivity index (χ0v) is 13.5. The smallest absolute Gasteiger partial charge is 0.254 e. The second-order valence-corrected chi connectivity index (χ2v) is 6.07. The summed E-state index contributed by atoms with van der Waals surface area (Å²) in [5, 5.41) is 7.26. The minimum Gasteiger partial charge on any atom is -0.328 e. The van der Waals surface area contributed by atoms with Crippen molar-refractivity contribution in [2.24, 2.45) is 0 Å². The van der Waals surface area contributed by atoms with Gasteiger partial charge < -0.3 is 4.90 Å². The zero-order chi connectivity index (χ0) is 17.2. The van der Waals surface area contributed by atoms with Gasteiger partial charge in [-0.3, -0.25) is 9.89 Å². The van der Waals surface area contributed by atoms with Gasteiger partial charge in [0.05, 0.1) is 6.04 Å². The molecule has 1 aliphatic rings. The molecule has 2 aromatic carbocycles. The predicted molar refractivity (Wildman–Crippen MR) is 91.2 cm³/mol. The third kappa shape index (κ3) is 3.03. The molecule has 1 atom stereocenters. The van der Waals surface area contributed by atoms with Crippen molar-refractivity contribution < 1.29 is 9.18 Å². The van der Waals surface area contributed by atoms with Gasteiger partial charge in [0.2, 0.25) is 0 Å². The molecular formula is C19H17FN4O. The molecule has 1 aromatic heterocycles. The number of hydrogen-bond donors (Lipinski definition) is 1. The average Bonchev–Trinajstić information content (AvgIpc) is 3.32. The predicted octanol–water partition coefficient (Wildman–Crippen LogP) is 3.59. The molecule has 5 nitrogen and oxygen atoms in total. The van der Waals surface area contributed by atoms with E-state index in [0.717, 1.165) is 18.4 Å². The molecule has 6 heteroatoms. The molecule has 1 saturated heterocycles. The molecule has 1 fully saturated rings. The summed E-state index contributed by atoms with van der Waals surface area (Å²) in [6.07, 6.45) is 1.73. The van der Waals surface area contributed by atoms with E-state index >= 15 is 0 Å². The van der Waals surface area contributed by atoms with Crippen LogP contribution in [0, 0.1) is 5.82 Å². The molecule has 126 valence electrons. The second-order valence-electron chi connectivity index (χ2n) is 6.07. The van der Waals surface area contributed by atoms with Gasteiger partial charge in [0.1, 0.15) is 11.6 Å². The summed E-state index contributed by atoms with van der Waals surface area (Å²) in [6, 6.07) is 15.2. The number of rotatable bonds is 3. The lowest BCUT2D eigenvalue weighted by molar-refractivity contribution is 0.0730. The van der Waals surface area contributed by atoms with Gasteiger partial charge >= 0.3 is 0 Å². The first-order valence-electron chi connectivity index (χ1n) is 8.26. The van der Waals surface area contributed by atoms with E-state index in [2.05, 4.69) is 15.2 Å². The van der Waals surface area contributed by atoms with Crippen LogP contribution in [0.3, 0.4) is 0 Å². The molecule has 3 aromatic rings. The highest BCUT2D eigenvalue weighted by atomic mass is 19.1. The van der Waals surface area contributed by atoms with Gasteiger partial charge in [-0.2, -0.15) is 5.10 Å². The third-order valence-electron chi connectivity index (χ3n) is 4.46. The summed E-state index contributed by atoms with van der Waals surface area (Å²) in [7, 11) is 0. The Morgan fingerprint density at radius 1 is 1.12 bits per heavy atom. The van der Waals surface area contributed by atoms with Gasteiger partial charge in [0.25, 0.3) is 5.91 Å². The number of H-pyrrole nitrogens is 1. The number of nitrogens with one attached hydrogen (secondary N) is 1. The minimum atomic E-state index is -0.350. The molecule has 0 spiro atoms. The topological polar surface area (TPSA) is 61.9 Å². The van der Waals surface area contributed by atoms with E-state index < -0.39 is 0 Å². The Hall–Kier alpha value is -3.02. The highest BCUT2D eigenvalue weighted by Gasteiger charge is 2.33. The quantitative estimate of drug-likeness (QED) is 0.795. The van der Waals surface area contributed by atoms with Crippen LogP contribution >= 0.6 is 0 Å². The summed E-state index contributed by atoms with van der Waals surface area (Å²) in [5.74, 6) is 0.848. The molecule has 25 heavy (non-hydrogen) atoms. The highest BCUT2D eigenvalue weighted by Crippen LogP contribution is 2.32. The Labute approximate surface area is 144 Å². The van der Waals surface area contributed by atoms with Crippen molar-refractivity contribution >= 4 is 5.91 Å². The van der Waals surface area contributed by atoms with Crippen molar-refractivity contribution in [3.63, 3.8) is 0 Å². The molecule has 0 radical (unpaired) electrons. The summed E-state index contributed by atoms with van der Waals surface area (Å²) in [4.78, 5) is 19.1. The number of carbonyl (C=O) groups is 1. The number of likely N-dealkylation sites (tertiary alicyclic amines) is 1. The zero-order valence-electron chi connectivity index (χ0n) is 13.5. The molecule has 1 unspecified atom stereocenters. The van der Waals surface area contributed by atoms with Crippen LogP contribution in [0.15, 0.2) is 54.6 Å². The van der Waals surface area contributed by atoms with Gasteiger partial charge in [0.15, 0.2) is 5.82 Å². The van der Waals surface area contributed by atoms with Crippen molar-refractivity contribution in [2.75, 3.05) is 6.54 Å². The molecule has 2 heterocycles. The van der Waals surface area contributed by atoms with Crippen LogP contribution in [0.25, 0.3) is 11.4 Å². The number of aromatic amines is 1. The summed E-state index contributed by atoms with van der Waals surface area (Å²) in [5.41, 5.74) is 1.41. The third-order valence-corrected chi connectivity index (χ3v) is 4.46. The van der Waals surface area contributed by atoms with Crippen LogP contribution in [0.5, 0.6) is 0 Å². The fourth-order valence-electron chi connectivity index (χ4n) is 3.19. The Kier molecular flexibility index (Phi) is 4.01. The van der Waals surface area contributed by atoms with E-state index in [-0.39, 0.29) is 17.8 Å². The number of benzene rings is 2. The maximum absolute atomic E-state index is 13.1. The lowest BCUT2D eigenvalue weighted by atomic mass is 10.1. The normalized spacial score (nSPS) is 17.0. The van der Waals surface area contributed by atoms with E-state index in [1.165, 1.54) is 24.3 Å². The maximum Gasteiger partial charge on any atom is 0.254 e. The average molecular weight is 336 g/mol. The SMILES string of the molecule is O=C(c1ccc(F)cc1)N1CCCC1c1nc(-c2ccccc2)n[nH]1. The van der Waals surface area contributed by atoms with Crippen molar-refractivity contribution in [3.05, 3.63) is 71.8 Å². The first-order valence-corrected chi connectivity index (χ1v) is 8.26. The number of amides is 1. The van der Waals surface area contributed by atoms with Crippen molar-refractivity contribution in [1.29, 1.82) is 0 Å². The maximum atomic E-state index is 13.1. The summed E-state index contributed by atoms with van der Waals surface area (Å²) >= 11 is 0. The Morgan fingerprint density at radius 3 is 2.64 bits per heavy atom. The molecular weight excluding hydrogens is 319 g/mol. The largest absolute Gasteiger partial charge is 0.328 e. The second kappa shape index (κ2) is 6.47. The summed E-state index contributed by atoms with van der Waals surface area (Å²) < 4.78 is 13.1. The minimum absolute atomic E-state index is 0.111. The van der Waals surface area contributed by atoms with E-state index in [9.17, 15) is 9.18 Å². The monoisotopic (exact) mass is 336 g/mol. The Balaban J connectivity index is 1.58. The standard InChI is InChI=1S/C19H17FN4O/c20-15-10-8-14(9-11-15)19(25)24-12-4-7-16(24)18-21-17(22-23-18)13-5-2-1-3-6-13/h1-3,5-6,8-11,16H,4,7,12H2,(H,21,22,23). The van der Waals surface area contributed by atoms with Crippen molar-refractivity contribution in [2.45, 2.75) is 18.9 Å². The first-order chi connectivity index (χ1) is 12.2. The number of carbonyl (C=O) groups excluding carboxylic acids is 1. The van der Waals surface area contributed by atoms with Gasteiger partial charge in [-0.05, 0) is 37.1 Å². The van der Waals surface area contributed by atoms with E-state index in [0.29, 0.717) is 23.8 Å². The van der Waals surface area contributed by atoms with Crippen LogP contribution < -0.4 is 0 Å². The van der Waals surface area contributed by atoms with E-state index in [1.54, 1.807) is 4.90 Å². The fraction of sp³-hybridized carbons (Fsp3) is 0.211. The van der Waals surface area contributed by atoms with Crippen LogP contribution in [-0.2, 0) is 0 Å². The van der Waals surface area contributed by atoms with Gasteiger partial charge in [-0.1, -0.05) is 30.3 Å². The molecule has 0 saturated carbocycles. The molecule has 1 amide bonds. The van der Waals surface area contributed by atoms with Gasteiger partial charge in [-0.15, -0.1) is 0 Å². The lowest BCUT2D eigenvalue weighted by Gasteiger charge is -2.23. The molecule has 4 rings (SSSR count). The van der Waals surface area contributed by atoms with E-state index in [1.807, 2.05) is 30.3 Å². The lowest BCUT2D eigenvalue weighted by Crippen LogP contribution is -2.31. The van der Waals surface area contributed by atoms with E-state index in [4.69, 9.17) is 0 Å². The fourth-order valence-corrected chi connectivity index (χ4v) is 3.19. The molecule has 1 N–H and O–H groups in total. The van der Waals surface area contributed by atoms with Crippen LogP contribution in [0.1, 0.15) is 35.1 Å². The number of aromatic nitrogens is 3. The number of halogens is 1. The molecule has 0 bridgehead atoms. The van der Waals surface area contributed by atoms with Crippen LogP contribution in [-0.4, -0.2) is 32.5 Å². The molecule has 0 aliphatic carbocycles. The van der Waals surface area contributed by atoms with Gasteiger partial charge in [0, 0.05) is 17.7 Å². The summed E-state index contributed by atoms with van der Waals surface area (Å²) in [6.45, 7) is 0.655.